The topological polar surface area (TPSA) is 85.5 Å². The number of nitrogens with zero attached hydrogens (tertiary/aromatic N) is 4. The number of ether oxygens (including phenoxy) is 1. The molecule has 2 N–H and O–H groups in total. The van der Waals surface area contributed by atoms with E-state index in [1.54, 1.807) is 31.3 Å². The summed E-state index contributed by atoms with van der Waals surface area (Å²) in [5.74, 6) is 0.732. The van der Waals surface area contributed by atoms with Crippen molar-refractivity contribution in [2.45, 2.75) is 43.9 Å². The third-order valence-electron chi connectivity index (χ3n) is 5.50. The first-order valence-corrected chi connectivity index (χ1v) is 9.95. The molecule has 166 valence electrons. The Morgan fingerprint density at radius 3 is 2.55 bits per heavy atom. The highest BCUT2D eigenvalue weighted by Crippen LogP contribution is 2.30. The molecule has 8 nitrogen and oxygen atoms in total. The molecule has 0 bridgehead atoms. The molecule has 1 aliphatic carbocycles. The van der Waals surface area contributed by atoms with Gasteiger partial charge in [0, 0.05) is 31.4 Å². The number of halogens is 3. The Morgan fingerprint density at radius 1 is 1.19 bits per heavy atom. The molecule has 3 heterocycles. The number of hydrogen-bond donors (Lipinski definition) is 2. The Hall–Kier alpha value is -3.24. The zero-order valence-electron chi connectivity index (χ0n) is 17.1. The molecule has 0 atom stereocenters. The molecule has 3 aromatic rings. The van der Waals surface area contributed by atoms with Crippen LogP contribution in [0.15, 0.2) is 30.5 Å². The van der Waals surface area contributed by atoms with Gasteiger partial charge in [-0.2, -0.15) is 13.2 Å². The summed E-state index contributed by atoms with van der Waals surface area (Å²) in [7, 11) is 3.17. The molecule has 0 unspecified atom stereocenters. The lowest BCUT2D eigenvalue weighted by molar-refractivity contribution is -0.140. The summed E-state index contributed by atoms with van der Waals surface area (Å²) in [6.45, 7) is 0. The van der Waals surface area contributed by atoms with E-state index in [1.165, 1.54) is 16.2 Å². The van der Waals surface area contributed by atoms with E-state index in [4.69, 9.17) is 4.74 Å². The number of rotatable bonds is 5. The molecule has 0 aromatic carbocycles. The summed E-state index contributed by atoms with van der Waals surface area (Å²) in [6, 6.07) is 6.65. The monoisotopic (exact) mass is 436 g/mol. The molecular weight excluding hydrogens is 413 g/mol. The average molecular weight is 436 g/mol. The fourth-order valence-electron chi connectivity index (χ4n) is 3.87. The molecule has 0 spiro atoms. The number of carbonyl (C=O) groups is 1. The minimum atomic E-state index is -4.49. The van der Waals surface area contributed by atoms with E-state index in [2.05, 4.69) is 20.7 Å². The van der Waals surface area contributed by atoms with E-state index in [1.807, 2.05) is 0 Å². The van der Waals surface area contributed by atoms with Gasteiger partial charge in [0.15, 0.2) is 5.69 Å². The Bertz CT molecular complexity index is 1080. The quantitative estimate of drug-likeness (QED) is 0.642. The van der Waals surface area contributed by atoms with Gasteiger partial charge < -0.3 is 15.4 Å². The van der Waals surface area contributed by atoms with Gasteiger partial charge in [0.25, 0.3) is 5.91 Å². The summed E-state index contributed by atoms with van der Waals surface area (Å²) < 4.78 is 46.9. The van der Waals surface area contributed by atoms with Crippen molar-refractivity contribution in [3.63, 3.8) is 0 Å². The average Bonchev–Trinajstić information content (AvgIpc) is 3.33. The van der Waals surface area contributed by atoms with Gasteiger partial charge in [-0.15, -0.1) is 5.10 Å². The predicted octanol–water partition coefficient (Wildman–Crippen LogP) is 3.25. The van der Waals surface area contributed by atoms with Gasteiger partial charge in [-0.3, -0.25) is 13.9 Å². The van der Waals surface area contributed by atoms with Crippen molar-refractivity contribution in [2.75, 3.05) is 12.4 Å². The zero-order valence-corrected chi connectivity index (χ0v) is 17.1. The van der Waals surface area contributed by atoms with Crippen LogP contribution >= 0.6 is 0 Å². The number of amides is 1. The van der Waals surface area contributed by atoms with Crippen molar-refractivity contribution >= 4 is 17.4 Å². The van der Waals surface area contributed by atoms with Crippen LogP contribution in [0.5, 0.6) is 5.88 Å². The van der Waals surface area contributed by atoms with Crippen LogP contribution in [0, 0.1) is 0 Å². The Labute approximate surface area is 176 Å². The first-order chi connectivity index (χ1) is 14.7. The molecule has 0 aliphatic heterocycles. The summed E-state index contributed by atoms with van der Waals surface area (Å²) in [4.78, 5) is 16.2. The molecule has 1 amide bonds. The SMILES string of the molecule is COc1cc(C(=O)N[C@H]2CC[C@@H](Nc3cccc4nc(C(F)(F)F)cn34)CC2)n(C)n1. The van der Waals surface area contributed by atoms with Gasteiger partial charge in [0.2, 0.25) is 5.88 Å². The second-order valence-corrected chi connectivity index (χ2v) is 7.63. The molecule has 1 fully saturated rings. The molecule has 31 heavy (non-hydrogen) atoms. The van der Waals surface area contributed by atoms with Crippen molar-refractivity contribution in [2.24, 2.45) is 7.05 Å². The van der Waals surface area contributed by atoms with Crippen LogP contribution in [0.4, 0.5) is 19.0 Å². The maximum Gasteiger partial charge on any atom is 0.434 e. The van der Waals surface area contributed by atoms with Crippen LogP contribution in [0.3, 0.4) is 0 Å². The zero-order chi connectivity index (χ0) is 22.2. The number of methoxy groups -OCH3 is 1. The van der Waals surface area contributed by atoms with Crippen LogP contribution < -0.4 is 15.4 Å². The van der Waals surface area contributed by atoms with Crippen molar-refractivity contribution in [1.82, 2.24) is 24.5 Å². The van der Waals surface area contributed by atoms with Gasteiger partial charge in [0.1, 0.15) is 17.2 Å². The van der Waals surface area contributed by atoms with Crippen LogP contribution in [-0.4, -0.2) is 44.3 Å². The van der Waals surface area contributed by atoms with Crippen LogP contribution in [-0.2, 0) is 13.2 Å². The van der Waals surface area contributed by atoms with Gasteiger partial charge in [-0.1, -0.05) is 6.07 Å². The smallest absolute Gasteiger partial charge is 0.434 e. The highest BCUT2D eigenvalue weighted by atomic mass is 19.4. The first kappa shape index (κ1) is 21.0. The van der Waals surface area contributed by atoms with Gasteiger partial charge in [-0.25, -0.2) is 4.98 Å². The normalized spacial score (nSPS) is 19.4. The molecule has 0 radical (unpaired) electrons. The lowest BCUT2D eigenvalue weighted by atomic mass is 9.91. The van der Waals surface area contributed by atoms with E-state index in [-0.39, 0.29) is 23.6 Å². The minimum absolute atomic E-state index is 0.0207. The van der Waals surface area contributed by atoms with Crippen molar-refractivity contribution in [3.8, 4) is 5.88 Å². The predicted molar refractivity (Wildman–Crippen MR) is 107 cm³/mol. The third kappa shape index (κ3) is 4.44. The number of nitrogens with one attached hydrogen (secondary N) is 2. The highest BCUT2D eigenvalue weighted by molar-refractivity contribution is 5.93. The standard InChI is InChI=1S/C20H23F3N6O2/c1-28-14(10-18(27-28)31-2)19(30)25-13-8-6-12(7-9-13)24-16-4-3-5-17-26-15(11-29(16)17)20(21,22)23/h3-5,10-13,24H,6-9H2,1-2H3,(H,25,30)/t12-,13+. The Balaban J connectivity index is 1.37. The maximum absolute atomic E-state index is 13.0. The fraction of sp³-hybridized carbons (Fsp3) is 0.450. The molecule has 1 saturated carbocycles. The number of pyridine rings is 1. The Morgan fingerprint density at radius 2 is 1.90 bits per heavy atom. The van der Waals surface area contributed by atoms with Crippen LogP contribution in [0.2, 0.25) is 0 Å². The van der Waals surface area contributed by atoms with E-state index in [0.29, 0.717) is 17.4 Å². The summed E-state index contributed by atoms with van der Waals surface area (Å²) in [5, 5.41) is 10.4. The summed E-state index contributed by atoms with van der Waals surface area (Å²) in [6.07, 6.45) is -0.422. The number of carbonyl (C=O) groups excluding carboxylic acids is 1. The molecule has 1 aliphatic rings. The number of hydrogen-bond acceptors (Lipinski definition) is 5. The van der Waals surface area contributed by atoms with Crippen LogP contribution in [0.25, 0.3) is 5.65 Å². The van der Waals surface area contributed by atoms with Crippen molar-refractivity contribution in [1.29, 1.82) is 0 Å². The van der Waals surface area contributed by atoms with Crippen molar-refractivity contribution < 1.29 is 22.7 Å². The number of aryl methyl sites for hydroxylation is 1. The molecule has 3 aromatic heterocycles. The molecular formula is C20H23F3N6O2. The lowest BCUT2D eigenvalue weighted by Gasteiger charge is -2.30. The van der Waals surface area contributed by atoms with Gasteiger partial charge in [0.05, 0.1) is 7.11 Å². The first-order valence-electron chi connectivity index (χ1n) is 9.95. The number of imidazole rings is 1. The second kappa shape index (κ2) is 8.12. The van der Waals surface area contributed by atoms with Crippen molar-refractivity contribution in [3.05, 3.63) is 41.9 Å². The van der Waals surface area contributed by atoms with E-state index < -0.39 is 11.9 Å². The number of anilines is 1. The number of aromatic nitrogens is 4. The van der Waals surface area contributed by atoms with E-state index in [0.717, 1.165) is 31.9 Å². The van der Waals surface area contributed by atoms with Crippen LogP contribution in [0.1, 0.15) is 41.9 Å². The van der Waals surface area contributed by atoms with Gasteiger partial charge in [-0.05, 0) is 37.8 Å². The summed E-state index contributed by atoms with van der Waals surface area (Å²) >= 11 is 0. The molecule has 0 saturated heterocycles. The lowest BCUT2D eigenvalue weighted by Crippen LogP contribution is -2.40. The number of alkyl halides is 3. The Kier molecular flexibility index (Phi) is 5.50. The van der Waals surface area contributed by atoms with Gasteiger partial charge >= 0.3 is 6.18 Å². The highest BCUT2D eigenvalue weighted by Gasteiger charge is 2.34. The third-order valence-corrected chi connectivity index (χ3v) is 5.50. The second-order valence-electron chi connectivity index (χ2n) is 7.63. The molecule has 4 rings (SSSR count). The summed E-state index contributed by atoms with van der Waals surface area (Å²) in [5.41, 5.74) is -0.255. The maximum atomic E-state index is 13.0. The van der Waals surface area contributed by atoms with E-state index in [9.17, 15) is 18.0 Å². The fourth-order valence-corrected chi connectivity index (χ4v) is 3.87. The minimum Gasteiger partial charge on any atom is -0.480 e. The molecule has 11 heteroatoms. The number of fused-ring (bicyclic) bond motifs is 1. The largest absolute Gasteiger partial charge is 0.480 e. The van der Waals surface area contributed by atoms with E-state index >= 15 is 0 Å².